The van der Waals surface area contributed by atoms with E-state index in [1.165, 1.54) is 11.8 Å². The van der Waals surface area contributed by atoms with Gasteiger partial charge >= 0.3 is 0 Å². The number of aliphatic imine (C=N–C) groups is 1. The van der Waals surface area contributed by atoms with E-state index in [0.717, 1.165) is 12.5 Å². The van der Waals surface area contributed by atoms with Crippen LogP contribution < -0.4 is 16.0 Å². The van der Waals surface area contributed by atoms with Crippen LogP contribution in [-0.4, -0.2) is 38.0 Å². The van der Waals surface area contributed by atoms with Gasteiger partial charge in [0.1, 0.15) is 0 Å². The van der Waals surface area contributed by atoms with E-state index in [1.807, 2.05) is 25.1 Å². The summed E-state index contributed by atoms with van der Waals surface area (Å²) in [6.07, 6.45) is 1.48. The molecule has 0 aliphatic rings. The topological polar surface area (TPSA) is 78.7 Å². The van der Waals surface area contributed by atoms with Gasteiger partial charge in [-0.15, -0.1) is 24.0 Å². The quantitative estimate of drug-likeness (QED) is 0.240. The summed E-state index contributed by atoms with van der Waals surface area (Å²) in [6, 6.07) is 13.7. The Kier molecular flexibility index (Phi) is 10.5. The second-order valence-electron chi connectivity index (χ2n) is 5.69. The zero-order chi connectivity index (χ0) is 17.9. The lowest BCUT2D eigenvalue weighted by Gasteiger charge is -2.14. The lowest BCUT2D eigenvalue weighted by atomic mass is 10.0. The molecule has 0 aliphatic heterocycles. The standard InChI is InChI=1S/C19H26N4O2.HI/c1-3-20-19(23-14-15(2)16-8-5-4-6-9-16)22-12-11-21-18(24)17-10-7-13-25-17;/h4-10,13,15H,3,11-12,14H2,1-2H3,(H,21,24)(H2,20,22,23);1H. The van der Waals surface area contributed by atoms with Gasteiger partial charge in [0.05, 0.1) is 6.26 Å². The number of nitrogens with zero attached hydrogens (tertiary/aromatic N) is 1. The molecule has 26 heavy (non-hydrogen) atoms. The minimum Gasteiger partial charge on any atom is -0.459 e. The van der Waals surface area contributed by atoms with E-state index < -0.39 is 0 Å². The van der Waals surface area contributed by atoms with Gasteiger partial charge < -0.3 is 20.4 Å². The molecular weight excluding hydrogens is 443 g/mol. The van der Waals surface area contributed by atoms with E-state index in [-0.39, 0.29) is 29.9 Å². The van der Waals surface area contributed by atoms with Gasteiger partial charge in [-0.05, 0) is 24.6 Å². The average Bonchev–Trinajstić information content (AvgIpc) is 3.18. The van der Waals surface area contributed by atoms with Crippen LogP contribution in [0.4, 0.5) is 0 Å². The van der Waals surface area contributed by atoms with Crippen LogP contribution in [0.2, 0.25) is 0 Å². The Labute approximate surface area is 171 Å². The van der Waals surface area contributed by atoms with Gasteiger partial charge in [-0.1, -0.05) is 37.3 Å². The molecule has 1 aromatic carbocycles. The molecule has 7 heteroatoms. The van der Waals surface area contributed by atoms with Crippen LogP contribution in [0.25, 0.3) is 0 Å². The molecule has 2 rings (SSSR count). The molecule has 0 saturated carbocycles. The van der Waals surface area contributed by atoms with Gasteiger partial charge in [-0.3, -0.25) is 9.79 Å². The summed E-state index contributed by atoms with van der Waals surface area (Å²) in [5.74, 6) is 1.19. The van der Waals surface area contributed by atoms with Gasteiger partial charge in [0.25, 0.3) is 5.91 Å². The number of halogens is 1. The molecular formula is C19H27IN4O2. The zero-order valence-electron chi connectivity index (χ0n) is 15.2. The SMILES string of the molecule is CCNC(=NCC(C)c1ccccc1)NCCNC(=O)c1ccco1.I. The van der Waals surface area contributed by atoms with Crippen LogP contribution in [0.5, 0.6) is 0 Å². The van der Waals surface area contributed by atoms with E-state index in [4.69, 9.17) is 4.42 Å². The van der Waals surface area contributed by atoms with Crippen LogP contribution in [0.15, 0.2) is 58.1 Å². The van der Waals surface area contributed by atoms with Gasteiger partial charge in [-0.25, -0.2) is 0 Å². The number of amides is 1. The number of carbonyl (C=O) groups is 1. The summed E-state index contributed by atoms with van der Waals surface area (Å²) >= 11 is 0. The molecule has 3 N–H and O–H groups in total. The Morgan fingerprint density at radius 2 is 1.81 bits per heavy atom. The largest absolute Gasteiger partial charge is 0.459 e. The lowest BCUT2D eigenvalue weighted by molar-refractivity contribution is 0.0926. The lowest BCUT2D eigenvalue weighted by Crippen LogP contribution is -2.41. The highest BCUT2D eigenvalue weighted by Crippen LogP contribution is 2.14. The van der Waals surface area contributed by atoms with Crippen LogP contribution in [0, 0.1) is 0 Å². The number of guanidine groups is 1. The molecule has 0 aliphatic carbocycles. The van der Waals surface area contributed by atoms with Gasteiger partial charge in [-0.2, -0.15) is 0 Å². The summed E-state index contributed by atoms with van der Waals surface area (Å²) in [4.78, 5) is 16.4. The van der Waals surface area contributed by atoms with E-state index in [0.29, 0.717) is 31.3 Å². The monoisotopic (exact) mass is 470 g/mol. The van der Waals surface area contributed by atoms with Crippen molar-refractivity contribution < 1.29 is 9.21 Å². The Hall–Kier alpha value is -2.03. The number of benzene rings is 1. The third-order valence-electron chi connectivity index (χ3n) is 3.68. The van der Waals surface area contributed by atoms with Crippen molar-refractivity contribution in [1.82, 2.24) is 16.0 Å². The minimum atomic E-state index is -0.216. The molecule has 1 atom stereocenters. The predicted octanol–water partition coefficient (Wildman–Crippen LogP) is 2.99. The summed E-state index contributed by atoms with van der Waals surface area (Å²) < 4.78 is 5.05. The molecule has 1 aromatic heterocycles. The molecule has 6 nitrogen and oxygen atoms in total. The summed E-state index contributed by atoms with van der Waals surface area (Å²) in [5.41, 5.74) is 1.27. The maximum atomic E-state index is 11.8. The second kappa shape index (κ2) is 12.3. The molecule has 0 radical (unpaired) electrons. The van der Waals surface area contributed by atoms with Crippen molar-refractivity contribution in [3.8, 4) is 0 Å². The van der Waals surface area contributed by atoms with Crippen molar-refractivity contribution in [2.75, 3.05) is 26.2 Å². The number of rotatable bonds is 8. The smallest absolute Gasteiger partial charge is 0.287 e. The molecule has 1 unspecified atom stereocenters. The third-order valence-corrected chi connectivity index (χ3v) is 3.68. The maximum Gasteiger partial charge on any atom is 0.287 e. The second-order valence-corrected chi connectivity index (χ2v) is 5.69. The average molecular weight is 470 g/mol. The molecule has 1 amide bonds. The highest BCUT2D eigenvalue weighted by atomic mass is 127. The van der Waals surface area contributed by atoms with E-state index in [9.17, 15) is 4.79 Å². The molecule has 0 spiro atoms. The van der Waals surface area contributed by atoms with Gasteiger partial charge in [0.15, 0.2) is 11.7 Å². The fraction of sp³-hybridized carbons (Fsp3) is 0.368. The molecule has 142 valence electrons. The number of carbonyl (C=O) groups excluding carboxylic acids is 1. The van der Waals surface area contributed by atoms with E-state index in [2.05, 4.69) is 40.0 Å². The summed E-state index contributed by atoms with van der Waals surface area (Å²) in [7, 11) is 0. The molecule has 0 fully saturated rings. The van der Waals surface area contributed by atoms with Crippen LogP contribution in [-0.2, 0) is 0 Å². The van der Waals surface area contributed by atoms with Crippen molar-refractivity contribution >= 4 is 35.8 Å². The Bertz CT molecular complexity index is 659. The summed E-state index contributed by atoms with van der Waals surface area (Å²) in [5, 5.41) is 9.23. The number of nitrogens with one attached hydrogen (secondary N) is 3. The highest BCUT2D eigenvalue weighted by Gasteiger charge is 2.07. The van der Waals surface area contributed by atoms with Gasteiger partial charge in [0, 0.05) is 32.1 Å². The first kappa shape index (κ1) is 22.0. The highest BCUT2D eigenvalue weighted by molar-refractivity contribution is 14.0. The first-order valence-electron chi connectivity index (χ1n) is 8.59. The Balaban J connectivity index is 0.00000338. The molecule has 0 saturated heterocycles. The predicted molar refractivity (Wildman–Crippen MR) is 115 cm³/mol. The Morgan fingerprint density at radius 3 is 2.46 bits per heavy atom. The molecule has 2 aromatic rings. The zero-order valence-corrected chi connectivity index (χ0v) is 17.5. The fourth-order valence-corrected chi connectivity index (χ4v) is 2.31. The Morgan fingerprint density at radius 1 is 1.08 bits per heavy atom. The van der Waals surface area contributed by atoms with Crippen molar-refractivity contribution in [2.45, 2.75) is 19.8 Å². The number of hydrogen-bond acceptors (Lipinski definition) is 3. The van der Waals surface area contributed by atoms with Gasteiger partial charge in [0.2, 0.25) is 0 Å². The molecule has 1 heterocycles. The number of furan rings is 1. The fourth-order valence-electron chi connectivity index (χ4n) is 2.31. The van der Waals surface area contributed by atoms with Crippen LogP contribution in [0.1, 0.15) is 35.9 Å². The first-order chi connectivity index (χ1) is 12.2. The minimum absolute atomic E-state index is 0. The van der Waals surface area contributed by atoms with Crippen molar-refractivity contribution in [3.05, 3.63) is 60.1 Å². The van der Waals surface area contributed by atoms with Crippen molar-refractivity contribution in [2.24, 2.45) is 4.99 Å². The van der Waals surface area contributed by atoms with E-state index in [1.54, 1.807) is 12.1 Å². The molecule has 0 bridgehead atoms. The van der Waals surface area contributed by atoms with Crippen molar-refractivity contribution in [1.29, 1.82) is 0 Å². The normalized spacial score (nSPS) is 12.0. The van der Waals surface area contributed by atoms with Crippen molar-refractivity contribution in [3.63, 3.8) is 0 Å². The maximum absolute atomic E-state index is 11.8. The van der Waals surface area contributed by atoms with Crippen LogP contribution >= 0.6 is 24.0 Å². The number of hydrogen-bond donors (Lipinski definition) is 3. The third kappa shape index (κ3) is 7.47. The summed E-state index contributed by atoms with van der Waals surface area (Å²) in [6.45, 7) is 6.72. The first-order valence-corrected chi connectivity index (χ1v) is 8.59. The van der Waals surface area contributed by atoms with E-state index >= 15 is 0 Å². The van der Waals surface area contributed by atoms with Crippen LogP contribution in [0.3, 0.4) is 0 Å².